The SMILES string of the molecule is CN(Cc1csc(Br)c1)c1cc(F)cc(CN)c1. The lowest BCUT2D eigenvalue weighted by Crippen LogP contribution is -2.16. The largest absolute Gasteiger partial charge is 0.370 e. The quantitative estimate of drug-likeness (QED) is 0.926. The van der Waals surface area contributed by atoms with Crippen LogP contribution < -0.4 is 10.6 Å². The summed E-state index contributed by atoms with van der Waals surface area (Å²) in [5.41, 5.74) is 8.41. The van der Waals surface area contributed by atoms with E-state index in [1.807, 2.05) is 18.0 Å². The molecule has 0 aliphatic carbocycles. The van der Waals surface area contributed by atoms with Gasteiger partial charge in [-0.2, -0.15) is 0 Å². The second-order valence-electron chi connectivity index (χ2n) is 4.14. The fraction of sp³-hybridized carbons (Fsp3) is 0.231. The Morgan fingerprint density at radius 1 is 1.28 bits per heavy atom. The van der Waals surface area contributed by atoms with E-state index in [1.165, 1.54) is 17.7 Å². The van der Waals surface area contributed by atoms with Crippen molar-refractivity contribution < 1.29 is 4.39 Å². The number of anilines is 1. The maximum atomic E-state index is 13.4. The molecule has 0 aliphatic heterocycles. The average Bonchev–Trinajstić information content (AvgIpc) is 2.73. The Labute approximate surface area is 118 Å². The van der Waals surface area contributed by atoms with Gasteiger partial charge >= 0.3 is 0 Å². The van der Waals surface area contributed by atoms with Crippen LogP contribution >= 0.6 is 27.3 Å². The Balaban J connectivity index is 2.17. The minimum atomic E-state index is -0.244. The van der Waals surface area contributed by atoms with E-state index in [4.69, 9.17) is 5.73 Å². The monoisotopic (exact) mass is 328 g/mol. The Morgan fingerprint density at radius 2 is 2.06 bits per heavy atom. The minimum Gasteiger partial charge on any atom is -0.370 e. The summed E-state index contributed by atoms with van der Waals surface area (Å²) in [5, 5.41) is 2.09. The molecule has 0 atom stereocenters. The van der Waals surface area contributed by atoms with E-state index in [2.05, 4.69) is 27.4 Å². The summed E-state index contributed by atoms with van der Waals surface area (Å²) < 4.78 is 14.5. The molecule has 0 spiro atoms. The highest BCUT2D eigenvalue weighted by Gasteiger charge is 2.07. The van der Waals surface area contributed by atoms with Crippen molar-refractivity contribution >= 4 is 33.0 Å². The van der Waals surface area contributed by atoms with Gasteiger partial charge in [0, 0.05) is 25.8 Å². The summed E-state index contributed by atoms with van der Waals surface area (Å²) in [5.74, 6) is -0.244. The van der Waals surface area contributed by atoms with Crippen LogP contribution in [-0.2, 0) is 13.1 Å². The lowest BCUT2D eigenvalue weighted by atomic mass is 10.1. The van der Waals surface area contributed by atoms with Gasteiger partial charge in [-0.25, -0.2) is 4.39 Å². The number of hydrogen-bond acceptors (Lipinski definition) is 3. The molecule has 1 heterocycles. The molecule has 96 valence electrons. The zero-order valence-electron chi connectivity index (χ0n) is 9.99. The Kier molecular flexibility index (Phi) is 4.37. The van der Waals surface area contributed by atoms with E-state index in [0.29, 0.717) is 6.54 Å². The molecule has 0 amide bonds. The number of benzene rings is 1. The molecule has 5 heteroatoms. The molecule has 2 N–H and O–H groups in total. The number of halogens is 2. The molecule has 0 fully saturated rings. The molecule has 18 heavy (non-hydrogen) atoms. The van der Waals surface area contributed by atoms with E-state index >= 15 is 0 Å². The predicted octanol–water partition coefficient (Wildman–Crippen LogP) is 3.74. The second kappa shape index (κ2) is 5.82. The summed E-state index contributed by atoms with van der Waals surface area (Å²) in [6.45, 7) is 1.10. The fourth-order valence-corrected chi connectivity index (χ4v) is 2.97. The summed E-state index contributed by atoms with van der Waals surface area (Å²) in [6.07, 6.45) is 0. The van der Waals surface area contributed by atoms with Crippen molar-refractivity contribution in [2.24, 2.45) is 5.73 Å². The van der Waals surface area contributed by atoms with Gasteiger partial charge in [0.25, 0.3) is 0 Å². The molecule has 2 rings (SSSR count). The van der Waals surface area contributed by atoms with Crippen molar-refractivity contribution in [3.8, 4) is 0 Å². The van der Waals surface area contributed by atoms with Crippen LogP contribution in [0, 0.1) is 5.82 Å². The van der Waals surface area contributed by atoms with E-state index in [0.717, 1.165) is 21.6 Å². The van der Waals surface area contributed by atoms with E-state index in [9.17, 15) is 4.39 Å². The zero-order chi connectivity index (χ0) is 13.1. The first kappa shape index (κ1) is 13.5. The summed E-state index contributed by atoms with van der Waals surface area (Å²) >= 11 is 5.08. The van der Waals surface area contributed by atoms with Gasteiger partial charge in [-0.3, -0.25) is 0 Å². The Hall–Kier alpha value is -0.910. The third kappa shape index (κ3) is 3.31. The summed E-state index contributed by atoms with van der Waals surface area (Å²) in [7, 11) is 1.95. The van der Waals surface area contributed by atoms with Gasteiger partial charge in [-0.1, -0.05) is 0 Å². The molecule has 0 unspecified atom stereocenters. The maximum Gasteiger partial charge on any atom is 0.125 e. The van der Waals surface area contributed by atoms with Crippen molar-refractivity contribution in [3.63, 3.8) is 0 Å². The third-order valence-electron chi connectivity index (χ3n) is 2.66. The van der Waals surface area contributed by atoms with Crippen molar-refractivity contribution in [3.05, 3.63) is 50.4 Å². The van der Waals surface area contributed by atoms with E-state index < -0.39 is 0 Å². The van der Waals surface area contributed by atoms with Crippen molar-refractivity contribution in [2.45, 2.75) is 13.1 Å². The predicted molar refractivity (Wildman–Crippen MR) is 78.4 cm³/mol. The van der Waals surface area contributed by atoms with Gasteiger partial charge < -0.3 is 10.6 Å². The highest BCUT2D eigenvalue weighted by molar-refractivity contribution is 9.11. The molecule has 0 saturated carbocycles. The Bertz CT molecular complexity index is 542. The zero-order valence-corrected chi connectivity index (χ0v) is 12.4. The van der Waals surface area contributed by atoms with Crippen LogP contribution in [-0.4, -0.2) is 7.05 Å². The number of hydrogen-bond donors (Lipinski definition) is 1. The van der Waals surface area contributed by atoms with Crippen LogP contribution in [0.25, 0.3) is 0 Å². The van der Waals surface area contributed by atoms with Gasteiger partial charge in [0.1, 0.15) is 5.82 Å². The molecule has 1 aromatic heterocycles. The first-order valence-corrected chi connectivity index (χ1v) is 7.19. The van der Waals surface area contributed by atoms with Gasteiger partial charge in [-0.15, -0.1) is 11.3 Å². The molecular formula is C13H14BrFN2S. The van der Waals surface area contributed by atoms with Crippen molar-refractivity contribution in [1.82, 2.24) is 0 Å². The summed E-state index contributed by atoms with van der Waals surface area (Å²) in [4.78, 5) is 2.01. The first-order valence-electron chi connectivity index (χ1n) is 5.52. The van der Waals surface area contributed by atoms with Crippen LogP contribution in [0.3, 0.4) is 0 Å². The molecule has 0 aliphatic rings. The van der Waals surface area contributed by atoms with Gasteiger partial charge in [0.2, 0.25) is 0 Å². The average molecular weight is 329 g/mol. The molecular weight excluding hydrogens is 315 g/mol. The standard InChI is InChI=1S/C13H14BrFN2S/c1-17(7-10-4-13(14)18-8-10)12-3-9(6-16)2-11(15)5-12/h2-5,8H,6-7,16H2,1H3. The van der Waals surface area contributed by atoms with Crippen LogP contribution in [0.1, 0.15) is 11.1 Å². The van der Waals surface area contributed by atoms with Gasteiger partial charge in [-0.05, 0) is 56.7 Å². The second-order valence-corrected chi connectivity index (χ2v) is 6.43. The Morgan fingerprint density at radius 3 is 2.67 bits per heavy atom. The first-order chi connectivity index (χ1) is 8.58. The van der Waals surface area contributed by atoms with Crippen molar-refractivity contribution in [2.75, 3.05) is 11.9 Å². The van der Waals surface area contributed by atoms with Crippen LogP contribution in [0.5, 0.6) is 0 Å². The molecule has 0 bridgehead atoms. The maximum absolute atomic E-state index is 13.4. The molecule has 2 nitrogen and oxygen atoms in total. The normalized spacial score (nSPS) is 10.7. The minimum absolute atomic E-state index is 0.244. The summed E-state index contributed by atoms with van der Waals surface area (Å²) in [6, 6.07) is 6.99. The van der Waals surface area contributed by atoms with Crippen LogP contribution in [0.2, 0.25) is 0 Å². The van der Waals surface area contributed by atoms with Crippen LogP contribution in [0.15, 0.2) is 33.4 Å². The molecule has 0 radical (unpaired) electrons. The number of nitrogens with two attached hydrogens (primary N) is 1. The van der Waals surface area contributed by atoms with E-state index in [-0.39, 0.29) is 5.82 Å². The topological polar surface area (TPSA) is 29.3 Å². The highest BCUT2D eigenvalue weighted by Crippen LogP contribution is 2.24. The number of nitrogens with zero attached hydrogens (tertiary/aromatic N) is 1. The molecule has 1 aromatic carbocycles. The van der Waals surface area contributed by atoms with Crippen LogP contribution in [0.4, 0.5) is 10.1 Å². The van der Waals surface area contributed by atoms with Gasteiger partial charge in [0.15, 0.2) is 0 Å². The highest BCUT2D eigenvalue weighted by atomic mass is 79.9. The van der Waals surface area contributed by atoms with E-state index in [1.54, 1.807) is 11.3 Å². The lowest BCUT2D eigenvalue weighted by molar-refractivity contribution is 0.624. The number of rotatable bonds is 4. The smallest absolute Gasteiger partial charge is 0.125 e. The van der Waals surface area contributed by atoms with Crippen molar-refractivity contribution in [1.29, 1.82) is 0 Å². The number of thiophene rings is 1. The molecule has 0 saturated heterocycles. The third-order valence-corrected chi connectivity index (χ3v) is 4.21. The molecule has 2 aromatic rings. The lowest BCUT2D eigenvalue weighted by Gasteiger charge is -2.19. The fourth-order valence-electron chi connectivity index (χ4n) is 1.77. The van der Waals surface area contributed by atoms with Gasteiger partial charge in [0.05, 0.1) is 3.79 Å².